The minimum Gasteiger partial charge on any atom is -0.314 e. The summed E-state index contributed by atoms with van der Waals surface area (Å²) >= 11 is 0. The summed E-state index contributed by atoms with van der Waals surface area (Å²) < 4.78 is 0. The highest BCUT2D eigenvalue weighted by Crippen LogP contribution is 2.15. The highest BCUT2D eigenvalue weighted by atomic mass is 15.3. The van der Waals surface area contributed by atoms with E-state index in [1.807, 2.05) is 12.4 Å². The minimum atomic E-state index is 0.810. The molecule has 0 radical (unpaired) electrons. The highest BCUT2D eigenvalue weighted by molar-refractivity contribution is 5.10. The van der Waals surface area contributed by atoms with E-state index in [1.165, 1.54) is 38.3 Å². The molecule has 18 heavy (non-hydrogen) atoms. The van der Waals surface area contributed by atoms with Crippen LogP contribution >= 0.6 is 0 Å². The average molecular weight is 246 g/mol. The average Bonchev–Trinajstić information content (AvgIpc) is 2.39. The van der Waals surface area contributed by atoms with Crippen LogP contribution in [-0.4, -0.2) is 66.6 Å². The highest BCUT2D eigenvalue weighted by Gasteiger charge is 2.31. The Morgan fingerprint density at radius 2 is 1.89 bits per heavy atom. The van der Waals surface area contributed by atoms with Gasteiger partial charge in [-0.05, 0) is 24.1 Å². The Balaban J connectivity index is 1.37. The van der Waals surface area contributed by atoms with Crippen molar-refractivity contribution in [1.29, 1.82) is 0 Å². The predicted octanol–water partition coefficient (Wildman–Crippen LogP) is 0.214. The monoisotopic (exact) mass is 246 g/mol. The lowest BCUT2D eigenvalue weighted by Gasteiger charge is -2.47. The number of nitrogens with one attached hydrogen (secondary N) is 1. The van der Waals surface area contributed by atoms with Crippen molar-refractivity contribution in [2.45, 2.75) is 12.5 Å². The van der Waals surface area contributed by atoms with E-state index in [4.69, 9.17) is 0 Å². The Morgan fingerprint density at radius 1 is 1.17 bits per heavy atom. The van der Waals surface area contributed by atoms with Crippen LogP contribution < -0.4 is 5.32 Å². The summed E-state index contributed by atoms with van der Waals surface area (Å²) in [5.74, 6) is 0. The second kappa shape index (κ2) is 5.78. The third kappa shape index (κ3) is 2.88. The SMILES string of the molecule is c1cc(CCN2CC(N3CCNCC3)C2)ccn1. The number of piperazine rings is 1. The maximum Gasteiger partial charge on any atom is 0.0351 e. The molecule has 0 saturated carbocycles. The van der Waals surface area contributed by atoms with Gasteiger partial charge in [-0.3, -0.25) is 14.8 Å². The lowest BCUT2D eigenvalue weighted by molar-refractivity contribution is 0.0282. The zero-order valence-corrected chi connectivity index (χ0v) is 10.9. The molecule has 4 heteroatoms. The Bertz CT molecular complexity index is 355. The first-order chi connectivity index (χ1) is 8.92. The van der Waals surface area contributed by atoms with E-state index >= 15 is 0 Å². The Kier molecular flexibility index (Phi) is 3.88. The number of aromatic nitrogens is 1. The van der Waals surface area contributed by atoms with Crippen molar-refractivity contribution in [3.05, 3.63) is 30.1 Å². The minimum absolute atomic E-state index is 0.810. The van der Waals surface area contributed by atoms with E-state index in [2.05, 4.69) is 32.2 Å². The van der Waals surface area contributed by atoms with Crippen molar-refractivity contribution in [2.24, 2.45) is 0 Å². The molecule has 0 amide bonds. The molecule has 2 saturated heterocycles. The van der Waals surface area contributed by atoms with Crippen molar-refractivity contribution in [2.75, 3.05) is 45.8 Å². The van der Waals surface area contributed by atoms with Crippen LogP contribution in [0.2, 0.25) is 0 Å². The van der Waals surface area contributed by atoms with Crippen LogP contribution in [0.5, 0.6) is 0 Å². The number of rotatable bonds is 4. The summed E-state index contributed by atoms with van der Waals surface area (Å²) in [6.45, 7) is 8.47. The van der Waals surface area contributed by atoms with Gasteiger partial charge in [0.2, 0.25) is 0 Å². The van der Waals surface area contributed by atoms with Gasteiger partial charge >= 0.3 is 0 Å². The van der Waals surface area contributed by atoms with Gasteiger partial charge in [0, 0.05) is 64.2 Å². The second-order valence-electron chi connectivity index (χ2n) is 5.30. The molecule has 1 aromatic heterocycles. The number of hydrogen-bond acceptors (Lipinski definition) is 4. The van der Waals surface area contributed by atoms with Crippen LogP contribution in [-0.2, 0) is 6.42 Å². The molecule has 2 fully saturated rings. The fourth-order valence-corrected chi connectivity index (χ4v) is 2.84. The topological polar surface area (TPSA) is 31.4 Å². The molecule has 0 aliphatic carbocycles. The Hall–Kier alpha value is -0.970. The lowest BCUT2D eigenvalue weighted by Crippen LogP contribution is -2.62. The maximum atomic E-state index is 4.05. The third-order valence-electron chi connectivity index (χ3n) is 4.07. The molecule has 2 aliphatic rings. The van der Waals surface area contributed by atoms with Gasteiger partial charge in [-0.2, -0.15) is 0 Å². The Labute approximate surface area is 109 Å². The molecule has 3 heterocycles. The van der Waals surface area contributed by atoms with Crippen LogP contribution in [0.1, 0.15) is 5.56 Å². The zero-order valence-electron chi connectivity index (χ0n) is 10.9. The van der Waals surface area contributed by atoms with Crippen molar-refractivity contribution in [3.63, 3.8) is 0 Å². The maximum absolute atomic E-state index is 4.05. The van der Waals surface area contributed by atoms with Gasteiger partial charge in [0.05, 0.1) is 0 Å². The van der Waals surface area contributed by atoms with Crippen LogP contribution in [0, 0.1) is 0 Å². The van der Waals surface area contributed by atoms with Crippen LogP contribution in [0.4, 0.5) is 0 Å². The summed E-state index contributed by atoms with van der Waals surface area (Å²) in [5, 5.41) is 3.41. The van der Waals surface area contributed by atoms with Gasteiger partial charge in [0.15, 0.2) is 0 Å². The lowest BCUT2D eigenvalue weighted by atomic mass is 10.0. The van der Waals surface area contributed by atoms with E-state index in [9.17, 15) is 0 Å². The standard InChI is InChI=1S/C14H22N4/c1-4-15-5-2-13(1)3-8-17-11-14(12-17)18-9-6-16-7-10-18/h1-2,4-5,14,16H,3,6-12H2. The first-order valence-electron chi connectivity index (χ1n) is 6.98. The van der Waals surface area contributed by atoms with Crippen LogP contribution in [0.3, 0.4) is 0 Å². The van der Waals surface area contributed by atoms with E-state index in [0.717, 1.165) is 25.6 Å². The van der Waals surface area contributed by atoms with Gasteiger partial charge in [-0.1, -0.05) is 0 Å². The molecular weight excluding hydrogens is 224 g/mol. The summed E-state index contributed by atoms with van der Waals surface area (Å²) in [7, 11) is 0. The zero-order chi connectivity index (χ0) is 12.2. The number of likely N-dealkylation sites (tertiary alicyclic amines) is 1. The molecule has 3 rings (SSSR count). The molecule has 4 nitrogen and oxygen atoms in total. The largest absolute Gasteiger partial charge is 0.314 e. The smallest absolute Gasteiger partial charge is 0.0351 e. The van der Waals surface area contributed by atoms with E-state index in [0.29, 0.717) is 0 Å². The fraction of sp³-hybridized carbons (Fsp3) is 0.643. The summed E-state index contributed by atoms with van der Waals surface area (Å²) in [6, 6.07) is 5.05. The molecule has 1 N–H and O–H groups in total. The second-order valence-corrected chi connectivity index (χ2v) is 5.30. The van der Waals surface area contributed by atoms with Crippen LogP contribution in [0.25, 0.3) is 0 Å². The molecular formula is C14H22N4. The van der Waals surface area contributed by atoms with Crippen molar-refractivity contribution >= 4 is 0 Å². The third-order valence-corrected chi connectivity index (χ3v) is 4.07. The van der Waals surface area contributed by atoms with Gasteiger partial charge in [0.25, 0.3) is 0 Å². The first kappa shape index (κ1) is 12.1. The molecule has 0 atom stereocenters. The van der Waals surface area contributed by atoms with Gasteiger partial charge in [0.1, 0.15) is 0 Å². The molecule has 98 valence electrons. The predicted molar refractivity (Wildman–Crippen MR) is 72.6 cm³/mol. The van der Waals surface area contributed by atoms with Gasteiger partial charge < -0.3 is 5.32 Å². The molecule has 1 aromatic rings. The van der Waals surface area contributed by atoms with Gasteiger partial charge in [-0.15, -0.1) is 0 Å². The molecule has 0 unspecified atom stereocenters. The van der Waals surface area contributed by atoms with Crippen molar-refractivity contribution in [1.82, 2.24) is 20.1 Å². The Morgan fingerprint density at radius 3 is 2.61 bits per heavy atom. The molecule has 0 aromatic carbocycles. The van der Waals surface area contributed by atoms with E-state index < -0.39 is 0 Å². The van der Waals surface area contributed by atoms with Crippen molar-refractivity contribution in [3.8, 4) is 0 Å². The summed E-state index contributed by atoms with van der Waals surface area (Å²) in [5.41, 5.74) is 1.40. The van der Waals surface area contributed by atoms with E-state index in [-0.39, 0.29) is 0 Å². The fourth-order valence-electron chi connectivity index (χ4n) is 2.84. The van der Waals surface area contributed by atoms with Crippen LogP contribution in [0.15, 0.2) is 24.5 Å². The number of pyridine rings is 1. The quantitative estimate of drug-likeness (QED) is 0.823. The van der Waals surface area contributed by atoms with E-state index in [1.54, 1.807) is 0 Å². The molecule has 0 bridgehead atoms. The molecule has 0 spiro atoms. The number of nitrogens with zero attached hydrogens (tertiary/aromatic N) is 3. The van der Waals surface area contributed by atoms with Crippen molar-refractivity contribution < 1.29 is 0 Å². The summed E-state index contributed by atoms with van der Waals surface area (Å²) in [4.78, 5) is 9.25. The summed E-state index contributed by atoms with van der Waals surface area (Å²) in [6.07, 6.45) is 4.92. The molecule has 2 aliphatic heterocycles. The van der Waals surface area contributed by atoms with Gasteiger partial charge in [-0.25, -0.2) is 0 Å². The number of hydrogen-bond donors (Lipinski definition) is 1. The normalized spacial score (nSPS) is 22.9. The first-order valence-corrected chi connectivity index (χ1v) is 6.98.